The molecule has 0 unspecified atom stereocenters. The summed E-state index contributed by atoms with van der Waals surface area (Å²) in [6.45, 7) is 0. The van der Waals surface area contributed by atoms with Crippen LogP contribution in [0.2, 0.25) is 0 Å². The SMILES string of the molecule is CN(C)P(=N[P+](N(C)C)(N(C)C)N(C)C)(N(C)C)N(C)C.CN(C)P(=N[P+](N(C)C)(N(C)C)N(C)C)(N(C)C)N(C)C.O=P([O-])([O-])O. The zero-order valence-corrected chi connectivity index (χ0v) is 38.6. The van der Waals surface area contributed by atoms with Gasteiger partial charge in [-0.2, -0.15) is 0 Å². The molecular formula is C24H73N14O4P5. The van der Waals surface area contributed by atoms with Crippen molar-refractivity contribution in [3.63, 3.8) is 0 Å². The van der Waals surface area contributed by atoms with Crippen molar-refractivity contribution in [2.24, 2.45) is 9.03 Å². The molecule has 0 saturated carbocycles. The lowest BCUT2D eigenvalue weighted by Crippen LogP contribution is -2.37. The van der Waals surface area contributed by atoms with E-state index in [-0.39, 0.29) is 0 Å². The van der Waals surface area contributed by atoms with Crippen molar-refractivity contribution in [2.75, 3.05) is 169 Å². The van der Waals surface area contributed by atoms with E-state index in [1.54, 1.807) is 0 Å². The molecule has 0 aliphatic rings. The summed E-state index contributed by atoms with van der Waals surface area (Å²) in [6, 6.07) is 0. The molecule has 0 fully saturated rings. The summed E-state index contributed by atoms with van der Waals surface area (Å²) in [4.78, 5) is 24.3. The van der Waals surface area contributed by atoms with Crippen molar-refractivity contribution < 1.29 is 19.2 Å². The van der Waals surface area contributed by atoms with Gasteiger partial charge < -0.3 is 19.2 Å². The molecule has 0 heterocycles. The third-order valence-electron chi connectivity index (χ3n) is 6.92. The average molecular weight is 777 g/mol. The van der Waals surface area contributed by atoms with Crippen molar-refractivity contribution >= 4 is 38.6 Å². The molecule has 0 saturated heterocycles. The first-order valence-electron chi connectivity index (χ1n) is 14.7. The van der Waals surface area contributed by atoms with E-state index in [1.807, 2.05) is 0 Å². The predicted octanol–water partition coefficient (Wildman–Crippen LogP) is 1.77. The van der Waals surface area contributed by atoms with Crippen LogP contribution in [-0.4, -0.2) is 230 Å². The molecule has 23 heteroatoms. The first-order chi connectivity index (χ1) is 20.7. The van der Waals surface area contributed by atoms with Gasteiger partial charge in [0.15, 0.2) is 0 Å². The zero-order chi connectivity index (χ0) is 38.8. The summed E-state index contributed by atoms with van der Waals surface area (Å²) in [5.41, 5.74) is 0. The highest BCUT2D eigenvalue weighted by molar-refractivity contribution is 7.76. The molecule has 18 nitrogen and oxygen atoms in total. The number of rotatable bonds is 14. The monoisotopic (exact) mass is 776 g/mol. The van der Waals surface area contributed by atoms with Crippen LogP contribution in [0.15, 0.2) is 9.03 Å². The number of nitrogens with zero attached hydrogens (tertiary/aromatic N) is 14. The lowest BCUT2D eigenvalue weighted by Gasteiger charge is -2.43. The third kappa shape index (κ3) is 13.1. The maximum Gasteiger partial charge on any atom is 0.355 e. The Labute approximate surface area is 291 Å². The minimum absolute atomic E-state index is 1.95. The van der Waals surface area contributed by atoms with Crippen molar-refractivity contribution in [3.05, 3.63) is 0 Å². The van der Waals surface area contributed by atoms with Crippen molar-refractivity contribution in [2.45, 2.75) is 0 Å². The molecule has 0 radical (unpaired) electrons. The standard InChI is InChI=1S/2C12H36N7P2.H3O4P/c2*1-14(2)20(15(3)4,16(5)6)13-21(17(7)8,18(9)10)19(11)12;1-5(2,3)4/h2*1-12H3;(H3,1,2,3,4)/q2*+1;/p-2. The minimum Gasteiger partial charge on any atom is -0.790 e. The van der Waals surface area contributed by atoms with E-state index in [4.69, 9.17) is 28.3 Å². The molecule has 0 aliphatic heterocycles. The van der Waals surface area contributed by atoms with Crippen molar-refractivity contribution in [3.8, 4) is 0 Å². The van der Waals surface area contributed by atoms with E-state index in [0.29, 0.717) is 0 Å². The summed E-state index contributed by atoms with van der Waals surface area (Å²) in [6.07, 6.45) is 0. The maximum absolute atomic E-state index is 8.66. The van der Waals surface area contributed by atoms with Gasteiger partial charge in [-0.1, -0.05) is 0 Å². The van der Waals surface area contributed by atoms with Crippen molar-refractivity contribution in [1.82, 2.24) is 56.0 Å². The Hall–Kier alpha value is 0.950. The van der Waals surface area contributed by atoms with Crippen LogP contribution in [0.3, 0.4) is 0 Å². The summed E-state index contributed by atoms with van der Waals surface area (Å²) in [5, 5.41) is 0. The lowest BCUT2D eigenvalue weighted by molar-refractivity contribution is -0.337. The van der Waals surface area contributed by atoms with Crippen LogP contribution in [0.4, 0.5) is 0 Å². The fraction of sp³-hybridized carbons (Fsp3) is 1.00. The summed E-state index contributed by atoms with van der Waals surface area (Å²) >= 11 is 0. The van der Waals surface area contributed by atoms with Gasteiger partial charge in [0.1, 0.15) is 0 Å². The number of hydrogen-bond donors (Lipinski definition) is 1. The summed E-state index contributed by atoms with van der Waals surface area (Å²) in [7, 11) is 37.9. The third-order valence-corrected chi connectivity index (χ3v) is 23.6. The summed E-state index contributed by atoms with van der Waals surface area (Å²) < 4.78 is 46.8. The van der Waals surface area contributed by atoms with E-state index in [2.05, 4.69) is 225 Å². The topological polar surface area (TPSA) is 147 Å². The van der Waals surface area contributed by atoms with Crippen LogP contribution in [-0.2, 0) is 4.57 Å². The van der Waals surface area contributed by atoms with Gasteiger partial charge in [-0.15, -0.1) is 28.0 Å². The van der Waals surface area contributed by atoms with Crippen molar-refractivity contribution in [1.29, 1.82) is 0 Å². The van der Waals surface area contributed by atoms with E-state index < -0.39 is 38.6 Å². The van der Waals surface area contributed by atoms with E-state index in [0.717, 1.165) is 0 Å². The Bertz CT molecular complexity index is 884. The van der Waals surface area contributed by atoms with Gasteiger partial charge in [0, 0.05) is 84.6 Å². The van der Waals surface area contributed by atoms with Gasteiger partial charge >= 0.3 is 15.7 Å². The second kappa shape index (κ2) is 20.9. The Kier molecular flexibility index (Phi) is 23.2. The van der Waals surface area contributed by atoms with Gasteiger partial charge in [-0.25, -0.2) is 28.0 Å². The predicted molar refractivity (Wildman–Crippen MR) is 207 cm³/mol. The Morgan fingerprint density at radius 1 is 0.383 bits per heavy atom. The zero-order valence-electron chi connectivity index (χ0n) is 34.2. The normalized spacial score (nSPS) is 14.1. The highest BCUT2D eigenvalue weighted by Crippen LogP contribution is 2.75. The molecule has 0 aromatic carbocycles. The maximum atomic E-state index is 8.66. The van der Waals surface area contributed by atoms with Crippen LogP contribution < -0.4 is 9.79 Å². The Morgan fingerprint density at radius 2 is 0.489 bits per heavy atom. The molecule has 0 aromatic rings. The number of phosphoric acid groups is 1. The molecule has 0 aromatic heterocycles. The smallest absolute Gasteiger partial charge is 0.355 e. The van der Waals surface area contributed by atoms with Gasteiger partial charge in [0.05, 0.1) is 7.82 Å². The molecule has 0 spiro atoms. The van der Waals surface area contributed by atoms with Crippen LogP contribution in [0.1, 0.15) is 0 Å². The molecule has 0 amide bonds. The van der Waals surface area contributed by atoms with Gasteiger partial charge in [-0.05, 0) is 93.6 Å². The Balaban J connectivity index is -0.000000719. The highest BCUT2D eigenvalue weighted by atomic mass is 31.2. The first-order valence-corrected chi connectivity index (χ1v) is 22.6. The number of hydrogen-bond acceptors (Lipinski definition) is 11. The van der Waals surface area contributed by atoms with E-state index >= 15 is 0 Å². The highest BCUT2D eigenvalue weighted by Gasteiger charge is 2.53. The average Bonchev–Trinajstić information content (AvgIpc) is 2.82. The Morgan fingerprint density at radius 3 is 0.553 bits per heavy atom. The lowest BCUT2D eigenvalue weighted by atomic mass is 11.2. The quantitative estimate of drug-likeness (QED) is 0.256. The van der Waals surface area contributed by atoms with Gasteiger partial charge in [0.2, 0.25) is 15.0 Å². The molecule has 0 rings (SSSR count). The molecule has 47 heavy (non-hydrogen) atoms. The molecule has 0 atom stereocenters. The van der Waals surface area contributed by atoms with E-state index in [9.17, 15) is 0 Å². The van der Waals surface area contributed by atoms with Crippen LogP contribution in [0, 0.1) is 0 Å². The molecular weight excluding hydrogens is 703 g/mol. The summed E-state index contributed by atoms with van der Waals surface area (Å²) in [5.74, 6) is 0. The van der Waals surface area contributed by atoms with Crippen LogP contribution in [0.25, 0.3) is 0 Å². The second-order valence-corrected chi connectivity index (χ2v) is 29.2. The fourth-order valence-corrected chi connectivity index (χ4v) is 24.4. The largest absolute Gasteiger partial charge is 0.790 e. The molecule has 288 valence electrons. The van der Waals surface area contributed by atoms with Crippen LogP contribution >= 0.6 is 38.6 Å². The minimum atomic E-state index is -5.14. The first kappa shape index (κ1) is 52.3. The van der Waals surface area contributed by atoms with Gasteiger partial charge in [-0.3, -0.25) is 0 Å². The molecule has 0 aliphatic carbocycles. The molecule has 1 N–H and O–H groups in total. The molecule has 0 bridgehead atoms. The second-order valence-electron chi connectivity index (χ2n) is 13.0. The van der Waals surface area contributed by atoms with E-state index in [1.165, 1.54) is 0 Å². The fourth-order valence-electron chi connectivity index (χ4n) is 5.58. The van der Waals surface area contributed by atoms with Crippen LogP contribution in [0.5, 0.6) is 0 Å². The van der Waals surface area contributed by atoms with Gasteiger partial charge in [0.25, 0.3) is 0 Å².